The number of benzene rings is 2. The second-order valence-corrected chi connectivity index (χ2v) is 8.87. The first kappa shape index (κ1) is 25.5. The fourth-order valence-electron chi connectivity index (χ4n) is 4.22. The van der Waals surface area contributed by atoms with E-state index in [9.17, 15) is 26.3 Å². The molecule has 0 radical (unpaired) electrons. The predicted molar refractivity (Wildman–Crippen MR) is 115 cm³/mol. The SMILES string of the molecule is CC(C)C(=NC#N)N1CC(F)(c2ccc(C3=CC(c4cc(F)c(F)c(F)c4)(C(F)(F)F)ON3)cc2)C1. The third-order valence-corrected chi connectivity index (χ3v) is 6.10. The largest absolute Gasteiger partial charge is 0.428 e. The minimum absolute atomic E-state index is 0.0476. The van der Waals surface area contributed by atoms with Crippen LogP contribution in [0.1, 0.15) is 30.5 Å². The molecule has 2 aromatic rings. The van der Waals surface area contributed by atoms with E-state index >= 15 is 4.39 Å². The van der Waals surface area contributed by atoms with Gasteiger partial charge in [0.15, 0.2) is 23.1 Å². The lowest BCUT2D eigenvalue weighted by atomic mass is 9.86. The van der Waals surface area contributed by atoms with Crippen LogP contribution >= 0.6 is 0 Å². The van der Waals surface area contributed by atoms with E-state index in [1.807, 2.05) is 13.8 Å². The van der Waals surface area contributed by atoms with Gasteiger partial charge in [0.25, 0.3) is 0 Å². The van der Waals surface area contributed by atoms with Crippen molar-refractivity contribution in [1.29, 1.82) is 5.26 Å². The maximum absolute atomic E-state index is 15.4. The number of aliphatic imine (C=N–C) groups is 1. The molecule has 5 nitrogen and oxygen atoms in total. The van der Waals surface area contributed by atoms with Crippen LogP contribution in [0.4, 0.5) is 30.7 Å². The monoisotopic (exact) mass is 512 g/mol. The average Bonchev–Trinajstić information content (AvgIpc) is 3.26. The molecule has 2 heterocycles. The molecule has 1 saturated heterocycles. The number of rotatable bonds is 4. The number of likely N-dealkylation sites (tertiary alicyclic amines) is 1. The van der Waals surface area contributed by atoms with Gasteiger partial charge in [0.1, 0.15) is 5.84 Å². The van der Waals surface area contributed by atoms with E-state index in [0.717, 1.165) is 0 Å². The Kier molecular flexibility index (Phi) is 6.24. The number of hydrogen-bond donors (Lipinski definition) is 1. The molecule has 2 aromatic carbocycles. The van der Waals surface area contributed by atoms with Crippen molar-refractivity contribution < 1.29 is 35.6 Å². The van der Waals surface area contributed by atoms with Crippen LogP contribution in [-0.4, -0.2) is 30.0 Å². The Morgan fingerprint density at radius 2 is 1.67 bits per heavy atom. The van der Waals surface area contributed by atoms with Crippen molar-refractivity contribution in [1.82, 2.24) is 10.4 Å². The van der Waals surface area contributed by atoms with E-state index in [1.165, 1.54) is 24.3 Å². The van der Waals surface area contributed by atoms with Crippen LogP contribution in [0.25, 0.3) is 5.70 Å². The molecule has 1 N–H and O–H groups in total. The van der Waals surface area contributed by atoms with Crippen LogP contribution in [0.3, 0.4) is 0 Å². The van der Waals surface area contributed by atoms with Crippen molar-refractivity contribution in [3.05, 3.63) is 76.6 Å². The number of halogens is 7. The minimum atomic E-state index is -5.17. The molecule has 190 valence electrons. The first-order chi connectivity index (χ1) is 16.8. The summed E-state index contributed by atoms with van der Waals surface area (Å²) in [7, 11) is 0. The predicted octanol–water partition coefficient (Wildman–Crippen LogP) is 5.45. The van der Waals surface area contributed by atoms with Crippen molar-refractivity contribution >= 4 is 11.5 Å². The molecule has 1 atom stereocenters. The van der Waals surface area contributed by atoms with E-state index < -0.39 is 40.5 Å². The van der Waals surface area contributed by atoms with Crippen LogP contribution in [-0.2, 0) is 16.1 Å². The number of alkyl halides is 4. The van der Waals surface area contributed by atoms with Gasteiger partial charge in [0, 0.05) is 11.5 Å². The molecule has 2 aliphatic heterocycles. The van der Waals surface area contributed by atoms with Crippen LogP contribution < -0.4 is 5.48 Å². The molecule has 36 heavy (non-hydrogen) atoms. The molecule has 1 fully saturated rings. The summed E-state index contributed by atoms with van der Waals surface area (Å²) < 4.78 is 98.1. The summed E-state index contributed by atoms with van der Waals surface area (Å²) in [5.74, 6) is -5.14. The van der Waals surface area contributed by atoms with Crippen molar-refractivity contribution in [2.45, 2.75) is 31.3 Å². The van der Waals surface area contributed by atoms with Gasteiger partial charge in [-0.1, -0.05) is 38.1 Å². The number of amidine groups is 1. The van der Waals surface area contributed by atoms with Crippen LogP contribution in [0, 0.1) is 34.8 Å². The van der Waals surface area contributed by atoms with Gasteiger partial charge in [-0.05, 0) is 29.3 Å². The molecule has 0 aromatic heterocycles. The Morgan fingerprint density at radius 3 is 2.17 bits per heavy atom. The number of hydrogen-bond acceptors (Lipinski definition) is 4. The molecule has 1 unspecified atom stereocenters. The third-order valence-electron chi connectivity index (χ3n) is 6.10. The lowest BCUT2D eigenvalue weighted by Crippen LogP contribution is -2.59. The standard InChI is InChI=1S/C24H19F7N4O/c1-13(2)21(33-12-32)35-10-22(28,11-35)15-5-3-14(4-6-15)19-9-23(36-34-19,24(29,30)31)16-7-17(25)20(27)18(26)8-16/h3-9,13,34H,10-11H2,1-2H3. The fraction of sp³-hybridized carbons (Fsp3) is 0.333. The summed E-state index contributed by atoms with van der Waals surface area (Å²) in [4.78, 5) is 10.2. The molecular formula is C24H19F7N4O. The normalized spacial score (nSPS) is 21.6. The first-order valence-electron chi connectivity index (χ1n) is 10.7. The summed E-state index contributed by atoms with van der Waals surface area (Å²) in [5.41, 5.74) is -3.66. The van der Waals surface area contributed by atoms with Gasteiger partial charge >= 0.3 is 6.18 Å². The summed E-state index contributed by atoms with van der Waals surface area (Å²) in [6, 6.07) is 5.96. The van der Waals surface area contributed by atoms with Crippen molar-refractivity contribution in [2.75, 3.05) is 13.1 Å². The zero-order valence-electron chi connectivity index (χ0n) is 18.9. The van der Waals surface area contributed by atoms with Gasteiger partial charge in [-0.15, -0.1) is 0 Å². The van der Waals surface area contributed by atoms with E-state index in [2.05, 4.69) is 10.5 Å². The molecule has 0 saturated carbocycles. The van der Waals surface area contributed by atoms with E-state index in [0.29, 0.717) is 11.9 Å². The van der Waals surface area contributed by atoms with Crippen LogP contribution in [0.15, 0.2) is 47.5 Å². The highest BCUT2D eigenvalue weighted by atomic mass is 19.4. The minimum Gasteiger partial charge on any atom is -0.352 e. The van der Waals surface area contributed by atoms with Crippen molar-refractivity contribution in [2.24, 2.45) is 10.9 Å². The third kappa shape index (κ3) is 4.17. The molecule has 2 aliphatic rings. The molecule has 4 rings (SSSR count). The van der Waals surface area contributed by atoms with Gasteiger partial charge in [0.05, 0.1) is 18.8 Å². The van der Waals surface area contributed by atoms with Gasteiger partial charge < -0.3 is 4.90 Å². The van der Waals surface area contributed by atoms with Crippen molar-refractivity contribution in [3.63, 3.8) is 0 Å². The molecular weight excluding hydrogens is 493 g/mol. The summed E-state index contributed by atoms with van der Waals surface area (Å²) >= 11 is 0. The highest BCUT2D eigenvalue weighted by molar-refractivity contribution is 5.86. The van der Waals surface area contributed by atoms with Crippen molar-refractivity contribution in [3.8, 4) is 6.19 Å². The Hall–Kier alpha value is -3.59. The smallest absolute Gasteiger partial charge is 0.352 e. The lowest BCUT2D eigenvalue weighted by molar-refractivity contribution is -0.269. The molecule has 0 aliphatic carbocycles. The zero-order valence-corrected chi connectivity index (χ0v) is 18.9. The van der Waals surface area contributed by atoms with E-state index in [-0.39, 0.29) is 48.0 Å². The lowest BCUT2D eigenvalue weighted by Gasteiger charge is -2.47. The van der Waals surface area contributed by atoms with Gasteiger partial charge in [-0.2, -0.15) is 23.4 Å². The Labute approximate surface area is 201 Å². The Balaban J connectivity index is 1.61. The number of nitriles is 1. The molecule has 0 spiro atoms. The zero-order chi connectivity index (χ0) is 26.5. The van der Waals surface area contributed by atoms with Gasteiger partial charge in [-0.3, -0.25) is 10.3 Å². The van der Waals surface area contributed by atoms with E-state index in [4.69, 9.17) is 10.1 Å². The quantitative estimate of drug-likeness (QED) is 0.195. The number of nitrogens with one attached hydrogen (secondary N) is 1. The number of nitrogens with zero attached hydrogens (tertiary/aromatic N) is 3. The highest BCUT2D eigenvalue weighted by Gasteiger charge is 2.60. The average molecular weight is 512 g/mol. The van der Waals surface area contributed by atoms with E-state index in [1.54, 1.807) is 11.1 Å². The maximum atomic E-state index is 15.4. The van der Waals surface area contributed by atoms with Gasteiger partial charge in [-0.25, -0.2) is 17.6 Å². The van der Waals surface area contributed by atoms with Crippen LogP contribution in [0.2, 0.25) is 0 Å². The number of hydroxylamine groups is 1. The second-order valence-electron chi connectivity index (χ2n) is 8.87. The maximum Gasteiger partial charge on any atom is 0.428 e. The second kappa shape index (κ2) is 8.81. The summed E-state index contributed by atoms with van der Waals surface area (Å²) in [6.45, 7) is 3.55. The fourth-order valence-corrected chi connectivity index (χ4v) is 4.22. The molecule has 0 amide bonds. The van der Waals surface area contributed by atoms with Gasteiger partial charge in [0.2, 0.25) is 11.8 Å². The summed E-state index contributed by atoms with van der Waals surface area (Å²) in [6.07, 6.45) is -2.89. The molecule has 12 heteroatoms. The first-order valence-corrected chi connectivity index (χ1v) is 10.7. The summed E-state index contributed by atoms with van der Waals surface area (Å²) in [5, 5.41) is 8.83. The molecule has 0 bridgehead atoms. The topological polar surface area (TPSA) is 60.7 Å². The Bertz CT molecular complexity index is 1250. The Morgan fingerprint density at radius 1 is 1.08 bits per heavy atom. The van der Waals surface area contributed by atoms with Crippen LogP contribution in [0.5, 0.6) is 0 Å². The highest BCUT2D eigenvalue weighted by Crippen LogP contribution is 2.48.